The highest BCUT2D eigenvalue weighted by Crippen LogP contribution is 2.08. The molecule has 1 aromatic heterocycles. The van der Waals surface area contributed by atoms with Gasteiger partial charge in [0.1, 0.15) is 10.6 Å². The fourth-order valence-corrected chi connectivity index (χ4v) is 2.31. The second kappa shape index (κ2) is 6.96. The SMILES string of the molecule is COC(=O)c1ccc(S(=O)(=O)NCCCC(=O)O)cn1. The van der Waals surface area contributed by atoms with E-state index in [2.05, 4.69) is 14.4 Å². The number of rotatable bonds is 7. The van der Waals surface area contributed by atoms with E-state index in [1.54, 1.807) is 0 Å². The van der Waals surface area contributed by atoms with Crippen molar-refractivity contribution >= 4 is 22.0 Å². The number of carbonyl (C=O) groups excluding carboxylic acids is 1. The Morgan fingerprint density at radius 3 is 2.60 bits per heavy atom. The van der Waals surface area contributed by atoms with Gasteiger partial charge in [-0.2, -0.15) is 0 Å². The maximum Gasteiger partial charge on any atom is 0.356 e. The zero-order valence-corrected chi connectivity index (χ0v) is 11.5. The molecule has 0 saturated heterocycles. The Morgan fingerprint density at radius 2 is 2.10 bits per heavy atom. The minimum Gasteiger partial charge on any atom is -0.481 e. The molecule has 0 unspecified atom stereocenters. The Labute approximate surface area is 115 Å². The molecule has 0 fully saturated rings. The standard InChI is InChI=1S/C11H14N2O6S/c1-19-11(16)9-5-4-8(7-12-9)20(17,18)13-6-2-3-10(14)15/h4-5,7,13H,2-3,6H2,1H3,(H,14,15). The molecule has 0 spiro atoms. The summed E-state index contributed by atoms with van der Waals surface area (Å²) in [6.45, 7) is 0.00733. The number of esters is 1. The van der Waals surface area contributed by atoms with Gasteiger partial charge in [0.15, 0.2) is 0 Å². The number of carboxylic acid groups (broad SMARTS) is 1. The molecule has 0 aliphatic rings. The fourth-order valence-electron chi connectivity index (χ4n) is 1.29. The lowest BCUT2D eigenvalue weighted by atomic mass is 10.3. The predicted molar refractivity (Wildman–Crippen MR) is 67.6 cm³/mol. The van der Waals surface area contributed by atoms with Crippen LogP contribution >= 0.6 is 0 Å². The summed E-state index contributed by atoms with van der Waals surface area (Å²) in [5, 5.41) is 8.43. The molecule has 0 amide bonds. The van der Waals surface area contributed by atoms with Crippen LogP contribution in [0.1, 0.15) is 23.3 Å². The minimum absolute atomic E-state index is 0.00247. The summed E-state index contributed by atoms with van der Waals surface area (Å²) in [6, 6.07) is 2.45. The van der Waals surface area contributed by atoms with E-state index in [0.29, 0.717) is 0 Å². The molecule has 1 heterocycles. The lowest BCUT2D eigenvalue weighted by molar-refractivity contribution is -0.137. The summed E-state index contributed by atoms with van der Waals surface area (Å²) >= 11 is 0. The quantitative estimate of drug-likeness (QED) is 0.537. The summed E-state index contributed by atoms with van der Waals surface area (Å²) in [6.07, 6.45) is 1.09. The number of carboxylic acids is 1. The van der Waals surface area contributed by atoms with E-state index in [-0.39, 0.29) is 30.0 Å². The van der Waals surface area contributed by atoms with Crippen LogP contribution in [0.4, 0.5) is 0 Å². The van der Waals surface area contributed by atoms with Gasteiger partial charge in [-0.25, -0.2) is 22.9 Å². The highest BCUT2D eigenvalue weighted by Gasteiger charge is 2.15. The molecule has 20 heavy (non-hydrogen) atoms. The summed E-state index contributed by atoms with van der Waals surface area (Å²) in [7, 11) is -2.57. The van der Waals surface area contributed by atoms with Crippen molar-refractivity contribution in [3.8, 4) is 0 Å². The molecule has 1 aromatic rings. The number of carbonyl (C=O) groups is 2. The number of pyridine rings is 1. The largest absolute Gasteiger partial charge is 0.481 e. The maximum atomic E-state index is 11.8. The van der Waals surface area contributed by atoms with Crippen LogP contribution in [-0.2, 0) is 19.6 Å². The highest BCUT2D eigenvalue weighted by atomic mass is 32.2. The number of aromatic nitrogens is 1. The molecule has 0 atom stereocenters. The average Bonchev–Trinajstić information content (AvgIpc) is 2.43. The van der Waals surface area contributed by atoms with Crippen LogP contribution in [-0.4, -0.2) is 44.1 Å². The molecule has 8 nitrogen and oxygen atoms in total. The van der Waals surface area contributed by atoms with Gasteiger partial charge < -0.3 is 9.84 Å². The lowest BCUT2D eigenvalue weighted by Crippen LogP contribution is -2.25. The van der Waals surface area contributed by atoms with Gasteiger partial charge in [0.05, 0.1) is 7.11 Å². The first-order valence-corrected chi connectivity index (χ1v) is 7.11. The lowest BCUT2D eigenvalue weighted by Gasteiger charge is -2.06. The zero-order valence-electron chi connectivity index (χ0n) is 10.7. The van der Waals surface area contributed by atoms with Crippen molar-refractivity contribution in [1.29, 1.82) is 0 Å². The summed E-state index contributed by atoms with van der Waals surface area (Å²) in [5.74, 6) is -1.66. The number of hydrogen-bond donors (Lipinski definition) is 2. The zero-order chi connectivity index (χ0) is 15.2. The van der Waals surface area contributed by atoms with Gasteiger partial charge >= 0.3 is 11.9 Å². The average molecular weight is 302 g/mol. The molecular weight excluding hydrogens is 288 g/mol. The molecule has 9 heteroatoms. The van der Waals surface area contributed by atoms with E-state index in [1.807, 2.05) is 0 Å². The van der Waals surface area contributed by atoms with Crippen molar-refractivity contribution in [1.82, 2.24) is 9.71 Å². The first kappa shape index (κ1) is 16.1. The van der Waals surface area contributed by atoms with E-state index < -0.39 is 22.0 Å². The van der Waals surface area contributed by atoms with Crippen LogP contribution in [0.25, 0.3) is 0 Å². The van der Waals surface area contributed by atoms with Crippen molar-refractivity contribution in [3.05, 3.63) is 24.0 Å². The van der Waals surface area contributed by atoms with Gasteiger partial charge in [-0.1, -0.05) is 0 Å². The summed E-state index contributed by atoms with van der Waals surface area (Å²) < 4.78 is 30.3. The van der Waals surface area contributed by atoms with Crippen molar-refractivity contribution < 1.29 is 27.9 Å². The van der Waals surface area contributed by atoms with Crippen molar-refractivity contribution in [2.24, 2.45) is 0 Å². The Hall–Kier alpha value is -2.00. The fraction of sp³-hybridized carbons (Fsp3) is 0.364. The van der Waals surface area contributed by atoms with E-state index >= 15 is 0 Å². The predicted octanol–water partition coefficient (Wildman–Crippen LogP) is 0.0113. The normalized spacial score (nSPS) is 11.1. The van der Waals surface area contributed by atoms with Crippen LogP contribution in [0, 0.1) is 0 Å². The minimum atomic E-state index is -3.76. The molecule has 110 valence electrons. The third kappa shape index (κ3) is 4.59. The number of methoxy groups -OCH3 is 1. The second-order valence-corrected chi connectivity index (χ2v) is 5.53. The van der Waals surface area contributed by atoms with Crippen LogP contribution in [0.15, 0.2) is 23.2 Å². The number of sulfonamides is 1. The van der Waals surface area contributed by atoms with E-state index in [9.17, 15) is 18.0 Å². The van der Waals surface area contributed by atoms with Crippen LogP contribution in [0.5, 0.6) is 0 Å². The first-order valence-electron chi connectivity index (χ1n) is 5.62. The van der Waals surface area contributed by atoms with E-state index in [4.69, 9.17) is 5.11 Å². The molecule has 0 aliphatic heterocycles. The van der Waals surface area contributed by atoms with Gasteiger partial charge in [0, 0.05) is 19.2 Å². The van der Waals surface area contributed by atoms with Crippen molar-refractivity contribution in [3.63, 3.8) is 0 Å². The topological polar surface area (TPSA) is 123 Å². The van der Waals surface area contributed by atoms with Crippen molar-refractivity contribution in [2.45, 2.75) is 17.7 Å². The third-order valence-electron chi connectivity index (χ3n) is 2.30. The van der Waals surface area contributed by atoms with Gasteiger partial charge in [-0.3, -0.25) is 4.79 Å². The monoisotopic (exact) mass is 302 g/mol. The Morgan fingerprint density at radius 1 is 1.40 bits per heavy atom. The maximum absolute atomic E-state index is 11.8. The number of nitrogens with one attached hydrogen (secondary N) is 1. The smallest absolute Gasteiger partial charge is 0.356 e. The third-order valence-corrected chi connectivity index (χ3v) is 3.75. The van der Waals surface area contributed by atoms with Gasteiger partial charge in [0.25, 0.3) is 0 Å². The Bertz CT molecular complexity index is 581. The molecule has 2 N–H and O–H groups in total. The highest BCUT2D eigenvalue weighted by molar-refractivity contribution is 7.89. The van der Waals surface area contributed by atoms with Crippen LogP contribution in [0.3, 0.4) is 0 Å². The number of hydrogen-bond acceptors (Lipinski definition) is 6. The number of aliphatic carboxylic acids is 1. The first-order chi connectivity index (χ1) is 9.36. The van der Waals surface area contributed by atoms with Crippen LogP contribution in [0.2, 0.25) is 0 Å². The van der Waals surface area contributed by atoms with Gasteiger partial charge in [-0.15, -0.1) is 0 Å². The van der Waals surface area contributed by atoms with E-state index in [0.717, 1.165) is 6.20 Å². The number of nitrogens with zero attached hydrogens (tertiary/aromatic N) is 1. The van der Waals surface area contributed by atoms with Crippen LogP contribution < -0.4 is 4.72 Å². The molecule has 0 aliphatic carbocycles. The molecule has 0 radical (unpaired) electrons. The molecule has 0 aromatic carbocycles. The summed E-state index contributed by atoms with van der Waals surface area (Å²) in [5.41, 5.74) is -0.00247. The molecule has 0 saturated carbocycles. The molecular formula is C11H14N2O6S. The van der Waals surface area contributed by atoms with E-state index in [1.165, 1.54) is 19.2 Å². The van der Waals surface area contributed by atoms with Crippen molar-refractivity contribution in [2.75, 3.05) is 13.7 Å². The van der Waals surface area contributed by atoms with Gasteiger partial charge in [-0.05, 0) is 18.6 Å². The van der Waals surface area contributed by atoms with Gasteiger partial charge in [0.2, 0.25) is 10.0 Å². The molecule has 1 rings (SSSR count). The Kier molecular flexibility index (Phi) is 5.59. The Balaban J connectivity index is 2.68. The number of ether oxygens (including phenoxy) is 1. The summed E-state index contributed by atoms with van der Waals surface area (Å²) in [4.78, 5) is 25.0. The molecule has 0 bridgehead atoms. The second-order valence-electron chi connectivity index (χ2n) is 3.77.